The minimum absolute atomic E-state index is 0.00941. The fourth-order valence-corrected chi connectivity index (χ4v) is 3.99. The zero-order valence-electron chi connectivity index (χ0n) is 15.8. The number of carbonyl (C=O) groups is 1. The highest BCUT2D eigenvalue weighted by Crippen LogP contribution is 2.22. The average molecular weight is 425 g/mol. The number of methoxy groups -OCH3 is 1. The van der Waals surface area contributed by atoms with Gasteiger partial charge in [0.2, 0.25) is 5.91 Å². The monoisotopic (exact) mass is 425 g/mol. The van der Waals surface area contributed by atoms with Gasteiger partial charge in [-0.1, -0.05) is 24.3 Å². The number of aromatic nitrogens is 2. The first kappa shape index (κ1) is 19.6. The van der Waals surface area contributed by atoms with E-state index >= 15 is 0 Å². The summed E-state index contributed by atoms with van der Waals surface area (Å²) in [6.45, 7) is -0.393. The van der Waals surface area contributed by atoms with Gasteiger partial charge < -0.3 is 10.1 Å². The van der Waals surface area contributed by atoms with Crippen molar-refractivity contribution in [2.45, 2.75) is 6.54 Å². The van der Waals surface area contributed by atoms with Crippen molar-refractivity contribution in [1.29, 1.82) is 0 Å². The summed E-state index contributed by atoms with van der Waals surface area (Å²) in [4.78, 5) is 38.8. The lowest BCUT2D eigenvalue weighted by Crippen LogP contribution is -2.40. The van der Waals surface area contributed by atoms with Crippen LogP contribution in [0.5, 0.6) is 5.75 Å². The maximum absolute atomic E-state index is 13.9. The molecule has 2 aromatic carbocycles. The molecule has 0 aliphatic rings. The standard InChI is InChI=1S/C21H16FN3O4S/c1-29-17-9-5-4-8-15(17)25-20(27)19-16(10-11-30-19)24(21(25)28)12-18(26)23-14-7-3-2-6-13(14)22/h2-11H,12H2,1H3,(H,23,26). The number of para-hydroxylation sites is 3. The van der Waals surface area contributed by atoms with Crippen LogP contribution in [0.4, 0.5) is 10.1 Å². The van der Waals surface area contributed by atoms with Gasteiger partial charge >= 0.3 is 5.69 Å². The number of benzene rings is 2. The van der Waals surface area contributed by atoms with E-state index in [1.807, 2.05) is 0 Å². The number of halogens is 1. The second-order valence-electron chi connectivity index (χ2n) is 6.34. The third kappa shape index (κ3) is 3.39. The zero-order chi connectivity index (χ0) is 21.3. The molecule has 0 unspecified atom stereocenters. The molecule has 2 heterocycles. The number of carbonyl (C=O) groups excluding carboxylic acids is 1. The number of thiophene rings is 1. The fraction of sp³-hybridized carbons (Fsp3) is 0.0952. The minimum atomic E-state index is -0.695. The molecule has 1 amide bonds. The van der Waals surface area contributed by atoms with Crippen molar-refractivity contribution in [2.75, 3.05) is 12.4 Å². The topological polar surface area (TPSA) is 82.3 Å². The maximum Gasteiger partial charge on any atom is 0.336 e. The number of fused-ring (bicyclic) bond motifs is 1. The van der Waals surface area contributed by atoms with Crippen molar-refractivity contribution in [3.05, 3.63) is 86.6 Å². The van der Waals surface area contributed by atoms with E-state index in [4.69, 9.17) is 4.74 Å². The van der Waals surface area contributed by atoms with Crippen LogP contribution in [0, 0.1) is 5.82 Å². The SMILES string of the molecule is COc1ccccc1-n1c(=O)c2sccc2n(CC(=O)Nc2ccccc2F)c1=O. The van der Waals surface area contributed by atoms with Gasteiger partial charge in [-0.3, -0.25) is 14.2 Å². The van der Waals surface area contributed by atoms with E-state index in [-0.39, 0.29) is 11.4 Å². The summed E-state index contributed by atoms with van der Waals surface area (Å²) in [5, 5.41) is 4.13. The van der Waals surface area contributed by atoms with Crippen LogP contribution in [0.25, 0.3) is 15.9 Å². The first-order chi connectivity index (χ1) is 14.5. The van der Waals surface area contributed by atoms with Gasteiger partial charge in [0.05, 0.1) is 24.0 Å². The largest absolute Gasteiger partial charge is 0.495 e. The van der Waals surface area contributed by atoms with Gasteiger partial charge in [0, 0.05) is 0 Å². The Morgan fingerprint density at radius 2 is 1.83 bits per heavy atom. The Bertz CT molecular complexity index is 1370. The van der Waals surface area contributed by atoms with Crippen LogP contribution in [-0.2, 0) is 11.3 Å². The Morgan fingerprint density at radius 3 is 2.60 bits per heavy atom. The van der Waals surface area contributed by atoms with Crippen molar-refractivity contribution < 1.29 is 13.9 Å². The average Bonchev–Trinajstić information content (AvgIpc) is 3.23. The molecule has 30 heavy (non-hydrogen) atoms. The molecule has 4 aromatic rings. The summed E-state index contributed by atoms with van der Waals surface area (Å²) in [5.41, 5.74) is -0.576. The quantitative estimate of drug-likeness (QED) is 0.533. The second-order valence-corrected chi connectivity index (χ2v) is 7.26. The maximum atomic E-state index is 13.9. The van der Waals surface area contributed by atoms with Crippen molar-refractivity contribution in [3.63, 3.8) is 0 Å². The van der Waals surface area contributed by atoms with E-state index in [0.717, 1.165) is 4.57 Å². The van der Waals surface area contributed by atoms with Gasteiger partial charge in [-0.15, -0.1) is 11.3 Å². The molecule has 0 aliphatic heterocycles. The first-order valence-corrected chi connectivity index (χ1v) is 9.80. The predicted octanol–water partition coefficient (Wildman–Crippen LogP) is 3.00. The smallest absolute Gasteiger partial charge is 0.336 e. The molecular formula is C21H16FN3O4S. The minimum Gasteiger partial charge on any atom is -0.495 e. The van der Waals surface area contributed by atoms with Gasteiger partial charge in [0.25, 0.3) is 5.56 Å². The van der Waals surface area contributed by atoms with Gasteiger partial charge in [-0.05, 0) is 35.7 Å². The van der Waals surface area contributed by atoms with Crippen LogP contribution in [-0.4, -0.2) is 22.2 Å². The lowest BCUT2D eigenvalue weighted by Gasteiger charge is -2.14. The molecule has 152 valence electrons. The van der Waals surface area contributed by atoms with Crippen LogP contribution in [0.2, 0.25) is 0 Å². The number of rotatable bonds is 5. The Labute approximate surface area is 173 Å². The number of hydrogen-bond acceptors (Lipinski definition) is 5. The number of nitrogens with zero attached hydrogens (tertiary/aromatic N) is 2. The highest BCUT2D eigenvalue weighted by Gasteiger charge is 2.19. The Hall–Kier alpha value is -3.72. The molecule has 0 fully saturated rings. The van der Waals surface area contributed by atoms with Crippen LogP contribution < -0.4 is 21.3 Å². The first-order valence-electron chi connectivity index (χ1n) is 8.92. The van der Waals surface area contributed by atoms with Crippen molar-refractivity contribution in [1.82, 2.24) is 9.13 Å². The van der Waals surface area contributed by atoms with Crippen LogP contribution in [0.1, 0.15) is 0 Å². The molecule has 0 radical (unpaired) electrons. The Morgan fingerprint density at radius 1 is 1.10 bits per heavy atom. The lowest BCUT2D eigenvalue weighted by atomic mass is 10.3. The summed E-state index contributed by atoms with van der Waals surface area (Å²) < 4.78 is 21.6. The second kappa shape index (κ2) is 7.96. The molecular weight excluding hydrogens is 409 g/mol. The number of ether oxygens (including phenoxy) is 1. The summed E-state index contributed by atoms with van der Waals surface area (Å²) in [6.07, 6.45) is 0. The molecule has 4 rings (SSSR count). The Balaban J connectivity index is 1.84. The third-order valence-corrected chi connectivity index (χ3v) is 5.42. The lowest BCUT2D eigenvalue weighted by molar-refractivity contribution is -0.116. The fourth-order valence-electron chi connectivity index (χ4n) is 3.16. The normalized spacial score (nSPS) is 10.9. The Kier molecular flexibility index (Phi) is 5.20. The van der Waals surface area contributed by atoms with Crippen molar-refractivity contribution in [3.8, 4) is 11.4 Å². The van der Waals surface area contributed by atoms with Gasteiger partial charge in [-0.2, -0.15) is 0 Å². The number of nitrogens with one attached hydrogen (secondary N) is 1. The summed E-state index contributed by atoms with van der Waals surface area (Å²) >= 11 is 1.17. The molecule has 2 aromatic heterocycles. The van der Waals surface area contributed by atoms with Crippen molar-refractivity contribution in [2.24, 2.45) is 0 Å². The molecule has 0 bridgehead atoms. The predicted molar refractivity (Wildman–Crippen MR) is 113 cm³/mol. The molecule has 0 spiro atoms. The van der Waals surface area contributed by atoms with Crippen molar-refractivity contribution >= 4 is 33.1 Å². The number of hydrogen-bond donors (Lipinski definition) is 1. The van der Waals surface area contributed by atoms with E-state index in [2.05, 4.69) is 5.32 Å². The third-order valence-electron chi connectivity index (χ3n) is 4.53. The van der Waals surface area contributed by atoms with Crippen LogP contribution in [0.3, 0.4) is 0 Å². The van der Waals surface area contributed by atoms with E-state index in [9.17, 15) is 18.8 Å². The van der Waals surface area contributed by atoms with Gasteiger partial charge in [0.15, 0.2) is 0 Å². The van der Waals surface area contributed by atoms with Crippen LogP contribution >= 0.6 is 11.3 Å². The number of amides is 1. The van der Waals surface area contributed by atoms with E-state index in [1.54, 1.807) is 41.8 Å². The summed E-state index contributed by atoms with van der Waals surface area (Å²) in [7, 11) is 1.44. The van der Waals surface area contributed by atoms with E-state index < -0.39 is 29.5 Å². The van der Waals surface area contributed by atoms with E-state index in [1.165, 1.54) is 41.2 Å². The molecule has 0 aliphatic carbocycles. The van der Waals surface area contributed by atoms with E-state index in [0.29, 0.717) is 16.0 Å². The molecule has 9 heteroatoms. The molecule has 0 saturated heterocycles. The highest BCUT2D eigenvalue weighted by molar-refractivity contribution is 7.17. The summed E-state index contributed by atoms with van der Waals surface area (Å²) in [6, 6.07) is 14.0. The van der Waals surface area contributed by atoms with Gasteiger partial charge in [-0.25, -0.2) is 13.8 Å². The molecule has 0 atom stereocenters. The molecule has 0 saturated carbocycles. The number of anilines is 1. The molecule has 7 nitrogen and oxygen atoms in total. The van der Waals surface area contributed by atoms with Gasteiger partial charge in [0.1, 0.15) is 22.8 Å². The summed E-state index contributed by atoms with van der Waals surface area (Å²) in [5.74, 6) is -0.840. The van der Waals surface area contributed by atoms with Crippen LogP contribution in [0.15, 0.2) is 69.6 Å². The highest BCUT2D eigenvalue weighted by atomic mass is 32.1. The molecule has 1 N–H and O–H groups in total. The zero-order valence-corrected chi connectivity index (χ0v) is 16.6.